The highest BCUT2D eigenvalue weighted by Gasteiger charge is 2.18. The number of aryl methyl sites for hydroxylation is 3. The molecule has 6 heteroatoms. The number of esters is 1. The zero-order valence-corrected chi connectivity index (χ0v) is 18.0. The molecular weight excluding hydrogens is 396 g/mol. The van der Waals surface area contributed by atoms with Crippen LogP contribution in [-0.2, 0) is 22.7 Å². The lowest BCUT2D eigenvalue weighted by Gasteiger charge is -2.08. The van der Waals surface area contributed by atoms with E-state index < -0.39 is 5.97 Å². The van der Waals surface area contributed by atoms with E-state index in [1.54, 1.807) is 0 Å². The minimum Gasteiger partial charge on any atom is -0.459 e. The highest BCUT2D eigenvalue weighted by atomic mass is 32.1. The topological polar surface area (TPSA) is 61.2 Å². The molecule has 2 heterocycles. The largest absolute Gasteiger partial charge is 0.459 e. The third-order valence-electron chi connectivity index (χ3n) is 5.19. The van der Waals surface area contributed by atoms with Crippen molar-refractivity contribution >= 4 is 27.5 Å². The number of thiophene rings is 1. The molecule has 4 aromatic rings. The fraction of sp³-hybridized carbons (Fsp3) is 0.208. The van der Waals surface area contributed by atoms with E-state index in [9.17, 15) is 9.59 Å². The zero-order chi connectivity index (χ0) is 21.3. The quantitative estimate of drug-likeness (QED) is 0.437. The molecule has 0 aliphatic carbocycles. The van der Waals surface area contributed by atoms with Gasteiger partial charge in [-0.25, -0.2) is 4.98 Å². The molecule has 2 aromatic carbocycles. The average molecular weight is 419 g/mol. The van der Waals surface area contributed by atoms with Crippen molar-refractivity contribution in [2.24, 2.45) is 0 Å². The van der Waals surface area contributed by atoms with Gasteiger partial charge in [-0.3, -0.25) is 14.2 Å². The molecule has 0 radical (unpaired) electrons. The van der Waals surface area contributed by atoms with Crippen LogP contribution in [0, 0.1) is 20.8 Å². The first-order valence-electron chi connectivity index (χ1n) is 9.69. The molecule has 4 rings (SSSR count). The highest BCUT2D eigenvalue weighted by molar-refractivity contribution is 7.19. The van der Waals surface area contributed by atoms with Gasteiger partial charge in [-0.05, 0) is 43.0 Å². The van der Waals surface area contributed by atoms with Crippen LogP contribution < -0.4 is 5.56 Å². The van der Waals surface area contributed by atoms with E-state index in [-0.39, 0.29) is 18.7 Å². The Morgan fingerprint density at radius 2 is 1.83 bits per heavy atom. The monoisotopic (exact) mass is 418 g/mol. The molecule has 0 bridgehead atoms. The van der Waals surface area contributed by atoms with Crippen LogP contribution >= 0.6 is 11.3 Å². The summed E-state index contributed by atoms with van der Waals surface area (Å²) in [6.45, 7) is 6.12. The molecule has 30 heavy (non-hydrogen) atoms. The Bertz CT molecular complexity index is 1290. The number of benzene rings is 2. The summed E-state index contributed by atoms with van der Waals surface area (Å²) >= 11 is 1.49. The normalized spacial score (nSPS) is 11.0. The van der Waals surface area contributed by atoms with E-state index >= 15 is 0 Å². The van der Waals surface area contributed by atoms with Crippen molar-refractivity contribution in [2.45, 2.75) is 33.9 Å². The summed E-state index contributed by atoms with van der Waals surface area (Å²) in [6.07, 6.45) is 1.43. The number of rotatable bonds is 5. The molecule has 2 aromatic heterocycles. The Labute approximate surface area is 178 Å². The van der Waals surface area contributed by atoms with E-state index in [1.165, 1.54) is 33.4 Å². The molecule has 0 aliphatic heterocycles. The van der Waals surface area contributed by atoms with Crippen molar-refractivity contribution in [1.82, 2.24) is 9.55 Å². The lowest BCUT2D eigenvalue weighted by molar-refractivity contribution is -0.145. The Balaban J connectivity index is 1.65. The number of carbonyl (C=O) groups excluding carboxylic acids is 1. The second-order valence-corrected chi connectivity index (χ2v) is 8.54. The van der Waals surface area contributed by atoms with E-state index in [4.69, 9.17) is 4.74 Å². The molecule has 0 saturated carbocycles. The summed E-state index contributed by atoms with van der Waals surface area (Å²) in [5.41, 5.74) is 4.92. The van der Waals surface area contributed by atoms with Gasteiger partial charge in [-0.2, -0.15) is 0 Å². The maximum Gasteiger partial charge on any atom is 0.326 e. The molecule has 0 fully saturated rings. The Morgan fingerprint density at radius 1 is 1.07 bits per heavy atom. The Morgan fingerprint density at radius 3 is 2.57 bits per heavy atom. The van der Waals surface area contributed by atoms with Crippen LogP contribution in [0.2, 0.25) is 0 Å². The van der Waals surface area contributed by atoms with Crippen LogP contribution in [0.3, 0.4) is 0 Å². The molecule has 152 valence electrons. The van der Waals surface area contributed by atoms with Crippen LogP contribution in [0.1, 0.15) is 21.6 Å². The van der Waals surface area contributed by atoms with E-state index in [0.717, 1.165) is 21.6 Å². The van der Waals surface area contributed by atoms with Gasteiger partial charge in [0, 0.05) is 10.4 Å². The van der Waals surface area contributed by atoms with Crippen molar-refractivity contribution in [3.8, 4) is 11.1 Å². The van der Waals surface area contributed by atoms with Crippen molar-refractivity contribution in [2.75, 3.05) is 0 Å². The lowest BCUT2D eigenvalue weighted by Crippen LogP contribution is -2.25. The summed E-state index contributed by atoms with van der Waals surface area (Å²) in [5, 5.41) is 0.555. The number of nitrogens with zero attached hydrogens (tertiary/aromatic N) is 2. The van der Waals surface area contributed by atoms with Gasteiger partial charge in [-0.1, -0.05) is 48.5 Å². The molecule has 0 unspecified atom stereocenters. The van der Waals surface area contributed by atoms with Gasteiger partial charge in [0.25, 0.3) is 5.56 Å². The minimum atomic E-state index is -0.471. The van der Waals surface area contributed by atoms with Crippen molar-refractivity contribution in [3.05, 3.63) is 86.8 Å². The van der Waals surface area contributed by atoms with Crippen molar-refractivity contribution < 1.29 is 9.53 Å². The summed E-state index contributed by atoms with van der Waals surface area (Å²) in [4.78, 5) is 31.7. The number of ether oxygens (including phenoxy) is 1. The second-order valence-electron chi connectivity index (χ2n) is 7.34. The first kappa shape index (κ1) is 20.0. The number of carbonyl (C=O) groups is 1. The highest BCUT2D eigenvalue weighted by Crippen LogP contribution is 2.36. The zero-order valence-electron chi connectivity index (χ0n) is 17.1. The van der Waals surface area contributed by atoms with Gasteiger partial charge in [-0.15, -0.1) is 11.3 Å². The van der Waals surface area contributed by atoms with E-state index in [0.29, 0.717) is 10.2 Å². The lowest BCUT2D eigenvalue weighted by atomic mass is 9.99. The predicted molar refractivity (Wildman–Crippen MR) is 120 cm³/mol. The number of hydrogen-bond donors (Lipinski definition) is 0. The predicted octanol–water partition coefficient (Wildman–Crippen LogP) is 4.79. The maximum atomic E-state index is 13.2. The van der Waals surface area contributed by atoms with Crippen LogP contribution in [0.15, 0.2) is 59.7 Å². The smallest absolute Gasteiger partial charge is 0.326 e. The Kier molecular flexibility index (Phi) is 5.50. The second kappa shape index (κ2) is 8.24. The summed E-state index contributed by atoms with van der Waals surface area (Å²) < 4.78 is 6.65. The third-order valence-corrected chi connectivity index (χ3v) is 6.21. The first-order chi connectivity index (χ1) is 14.4. The SMILES string of the molecule is Cc1ccc(-c2c(C)sc3ncn(CC(=O)OCc4ccccc4)c(=O)c23)cc1C. The van der Waals surface area contributed by atoms with Crippen LogP contribution in [0.25, 0.3) is 21.3 Å². The molecule has 5 nitrogen and oxygen atoms in total. The van der Waals surface area contributed by atoms with E-state index in [2.05, 4.69) is 31.0 Å². The standard InChI is InChI=1S/C24H22N2O3S/c1-15-9-10-19(11-16(15)2)21-17(3)30-23-22(21)24(28)26(14-25-23)12-20(27)29-13-18-7-5-4-6-8-18/h4-11,14H,12-13H2,1-3H3. The molecule has 0 saturated heterocycles. The third kappa shape index (κ3) is 3.91. The molecule has 0 spiro atoms. The van der Waals surface area contributed by atoms with Gasteiger partial charge in [0.15, 0.2) is 0 Å². The van der Waals surface area contributed by atoms with Gasteiger partial charge < -0.3 is 4.74 Å². The summed E-state index contributed by atoms with van der Waals surface area (Å²) in [6, 6.07) is 15.6. The Hall–Kier alpha value is -3.25. The molecule has 0 N–H and O–H groups in total. The summed E-state index contributed by atoms with van der Waals surface area (Å²) in [7, 11) is 0. The van der Waals surface area contributed by atoms with Crippen LogP contribution in [-0.4, -0.2) is 15.5 Å². The summed E-state index contributed by atoms with van der Waals surface area (Å²) in [5.74, 6) is -0.471. The van der Waals surface area contributed by atoms with Crippen LogP contribution in [0.4, 0.5) is 0 Å². The fourth-order valence-corrected chi connectivity index (χ4v) is 4.42. The first-order valence-corrected chi connectivity index (χ1v) is 10.5. The molecule has 0 atom stereocenters. The number of hydrogen-bond acceptors (Lipinski definition) is 5. The molecule has 0 amide bonds. The van der Waals surface area contributed by atoms with Gasteiger partial charge >= 0.3 is 5.97 Å². The van der Waals surface area contributed by atoms with Gasteiger partial charge in [0.2, 0.25) is 0 Å². The van der Waals surface area contributed by atoms with Gasteiger partial charge in [0.05, 0.1) is 11.7 Å². The molecular formula is C24H22N2O3S. The van der Waals surface area contributed by atoms with Crippen molar-refractivity contribution in [1.29, 1.82) is 0 Å². The minimum absolute atomic E-state index is 0.171. The van der Waals surface area contributed by atoms with E-state index in [1.807, 2.05) is 43.3 Å². The fourth-order valence-electron chi connectivity index (χ4n) is 3.42. The maximum absolute atomic E-state index is 13.2. The van der Waals surface area contributed by atoms with Gasteiger partial charge in [0.1, 0.15) is 18.0 Å². The number of aromatic nitrogens is 2. The van der Waals surface area contributed by atoms with Crippen LogP contribution in [0.5, 0.6) is 0 Å². The van der Waals surface area contributed by atoms with Crippen molar-refractivity contribution in [3.63, 3.8) is 0 Å². The average Bonchev–Trinajstić information content (AvgIpc) is 3.08. The number of fused-ring (bicyclic) bond motifs is 1. The molecule has 0 aliphatic rings.